The van der Waals surface area contributed by atoms with Gasteiger partial charge in [0.1, 0.15) is 0 Å². The molecule has 0 aliphatic carbocycles. The minimum atomic E-state index is -0.0116. The molecule has 2 heteroatoms. The second-order valence-corrected chi connectivity index (χ2v) is 2.72. The topological polar surface area (TPSA) is 29.1 Å². The molecule has 0 bridgehead atoms. The Morgan fingerprint density at radius 3 is 3.18 bits per heavy atom. The van der Waals surface area contributed by atoms with Gasteiger partial charge in [-0.1, -0.05) is 6.07 Å². The van der Waals surface area contributed by atoms with Crippen molar-refractivity contribution in [3.8, 4) is 0 Å². The number of carbonyl (C=O) groups excluding carboxylic acids is 1. The van der Waals surface area contributed by atoms with Gasteiger partial charge in [-0.25, -0.2) is 0 Å². The number of carbonyl (C=O) groups is 1. The van der Waals surface area contributed by atoms with Crippen LogP contribution < -0.4 is 5.32 Å². The summed E-state index contributed by atoms with van der Waals surface area (Å²) in [6.45, 7) is 1.90. The van der Waals surface area contributed by atoms with E-state index in [0.717, 1.165) is 11.3 Å². The Hall–Kier alpha value is -1.31. The lowest BCUT2D eigenvalue weighted by atomic mass is 10.0. The average molecular weight is 146 g/mol. The maximum Gasteiger partial charge on any atom is 0.231 e. The van der Waals surface area contributed by atoms with Crippen LogP contribution in [0.1, 0.15) is 18.4 Å². The van der Waals surface area contributed by atoms with E-state index in [-0.39, 0.29) is 11.8 Å². The van der Waals surface area contributed by atoms with Gasteiger partial charge in [0.05, 0.1) is 5.92 Å². The fraction of sp³-hybridized carbons (Fsp3) is 0.222. The van der Waals surface area contributed by atoms with Crippen molar-refractivity contribution >= 4 is 11.6 Å². The summed E-state index contributed by atoms with van der Waals surface area (Å²) in [7, 11) is 0. The third-order valence-corrected chi connectivity index (χ3v) is 2.01. The lowest BCUT2D eigenvalue weighted by Gasteiger charge is -1.97. The largest absolute Gasteiger partial charge is 0.325 e. The van der Waals surface area contributed by atoms with Gasteiger partial charge in [-0.15, -0.1) is 0 Å². The van der Waals surface area contributed by atoms with Crippen molar-refractivity contribution < 1.29 is 4.79 Å². The van der Waals surface area contributed by atoms with E-state index >= 15 is 0 Å². The van der Waals surface area contributed by atoms with Crippen LogP contribution in [0.25, 0.3) is 0 Å². The smallest absolute Gasteiger partial charge is 0.231 e. The van der Waals surface area contributed by atoms with Gasteiger partial charge in [-0.2, -0.15) is 0 Å². The minimum absolute atomic E-state index is 0.0116. The van der Waals surface area contributed by atoms with E-state index in [1.54, 1.807) is 6.07 Å². The highest BCUT2D eigenvalue weighted by atomic mass is 16.2. The molecule has 0 fully saturated rings. The second-order valence-electron chi connectivity index (χ2n) is 2.72. The first-order chi connectivity index (χ1) is 5.29. The van der Waals surface area contributed by atoms with Crippen molar-refractivity contribution in [2.75, 3.05) is 5.32 Å². The highest BCUT2D eigenvalue weighted by molar-refractivity contribution is 6.02. The highest BCUT2D eigenvalue weighted by Gasteiger charge is 2.25. The van der Waals surface area contributed by atoms with Crippen LogP contribution in [0.2, 0.25) is 0 Å². The summed E-state index contributed by atoms with van der Waals surface area (Å²) < 4.78 is 0. The zero-order valence-electron chi connectivity index (χ0n) is 6.22. The molecule has 55 valence electrons. The summed E-state index contributed by atoms with van der Waals surface area (Å²) in [6, 6.07) is 8.48. The lowest BCUT2D eigenvalue weighted by molar-refractivity contribution is -0.116. The minimum Gasteiger partial charge on any atom is -0.325 e. The Morgan fingerprint density at radius 2 is 2.45 bits per heavy atom. The van der Waals surface area contributed by atoms with E-state index in [1.807, 2.05) is 19.1 Å². The van der Waals surface area contributed by atoms with Gasteiger partial charge in [0.25, 0.3) is 0 Å². The molecule has 1 aromatic carbocycles. The summed E-state index contributed by atoms with van der Waals surface area (Å²) >= 11 is 0. The molecule has 2 rings (SSSR count). The van der Waals surface area contributed by atoms with E-state index < -0.39 is 0 Å². The third kappa shape index (κ3) is 0.827. The molecule has 1 amide bonds. The van der Waals surface area contributed by atoms with Gasteiger partial charge in [0.15, 0.2) is 0 Å². The Balaban J connectivity index is 2.55. The first kappa shape index (κ1) is 6.40. The van der Waals surface area contributed by atoms with Crippen LogP contribution in [0.3, 0.4) is 0 Å². The van der Waals surface area contributed by atoms with Crippen molar-refractivity contribution in [3.05, 3.63) is 29.8 Å². The summed E-state index contributed by atoms with van der Waals surface area (Å²) in [4.78, 5) is 11.1. The number of fused-ring (bicyclic) bond motifs is 1. The monoisotopic (exact) mass is 146 g/mol. The van der Waals surface area contributed by atoms with Crippen LogP contribution in [-0.4, -0.2) is 5.91 Å². The molecular weight excluding hydrogens is 138 g/mol. The van der Waals surface area contributed by atoms with Gasteiger partial charge < -0.3 is 5.32 Å². The van der Waals surface area contributed by atoms with E-state index in [1.165, 1.54) is 0 Å². The molecule has 1 aliphatic rings. The fourth-order valence-corrected chi connectivity index (χ4v) is 1.30. The highest BCUT2D eigenvalue weighted by Crippen LogP contribution is 2.30. The Kier molecular flexibility index (Phi) is 1.22. The maximum absolute atomic E-state index is 11.1. The van der Waals surface area contributed by atoms with Crippen molar-refractivity contribution in [1.29, 1.82) is 0 Å². The predicted octanol–water partition coefficient (Wildman–Crippen LogP) is 1.54. The summed E-state index contributed by atoms with van der Waals surface area (Å²) in [6.07, 6.45) is 0. The Morgan fingerprint density at radius 1 is 1.64 bits per heavy atom. The van der Waals surface area contributed by atoms with Crippen LogP contribution in [-0.2, 0) is 4.79 Å². The van der Waals surface area contributed by atoms with Gasteiger partial charge in [-0.3, -0.25) is 4.79 Å². The molecule has 1 aromatic rings. The Labute approximate surface area is 65.2 Å². The molecule has 0 spiro atoms. The van der Waals surface area contributed by atoms with Gasteiger partial charge >= 0.3 is 0 Å². The number of amides is 1. The van der Waals surface area contributed by atoms with E-state index in [4.69, 9.17) is 0 Å². The molecule has 1 radical (unpaired) electrons. The third-order valence-electron chi connectivity index (χ3n) is 2.01. The molecule has 1 atom stereocenters. The SMILES string of the molecule is CC1C(=O)Nc2cc[c]cc21. The molecule has 1 aliphatic heterocycles. The van der Waals surface area contributed by atoms with E-state index in [2.05, 4.69) is 11.4 Å². The second kappa shape index (κ2) is 2.09. The quantitative estimate of drug-likeness (QED) is 0.591. The van der Waals surface area contributed by atoms with E-state index in [9.17, 15) is 4.79 Å². The number of benzene rings is 1. The first-order valence-corrected chi connectivity index (χ1v) is 3.60. The molecule has 1 heterocycles. The van der Waals surface area contributed by atoms with Gasteiger partial charge in [0.2, 0.25) is 5.91 Å². The molecule has 2 nitrogen and oxygen atoms in total. The number of rotatable bonds is 0. The number of hydrogen-bond acceptors (Lipinski definition) is 1. The van der Waals surface area contributed by atoms with Crippen molar-refractivity contribution in [2.45, 2.75) is 12.8 Å². The van der Waals surface area contributed by atoms with E-state index in [0.29, 0.717) is 0 Å². The van der Waals surface area contributed by atoms with Crippen molar-refractivity contribution in [3.63, 3.8) is 0 Å². The van der Waals surface area contributed by atoms with Crippen LogP contribution >= 0.6 is 0 Å². The lowest BCUT2D eigenvalue weighted by Crippen LogP contribution is -2.08. The normalized spacial score (nSPS) is 21.2. The molecule has 1 N–H and O–H groups in total. The zero-order chi connectivity index (χ0) is 7.84. The van der Waals surface area contributed by atoms with Gasteiger partial charge in [-0.05, 0) is 30.7 Å². The van der Waals surface area contributed by atoms with Crippen LogP contribution in [0.5, 0.6) is 0 Å². The molecule has 0 aromatic heterocycles. The summed E-state index contributed by atoms with van der Waals surface area (Å²) in [5.74, 6) is 0.0713. The standard InChI is InChI=1S/C9H8NO/c1-6-7-4-2-3-5-8(7)10-9(6)11/h3-6H,1H3,(H,10,11). The number of anilines is 1. The zero-order valence-corrected chi connectivity index (χ0v) is 6.22. The Bertz CT molecular complexity index is 306. The van der Waals surface area contributed by atoms with Crippen molar-refractivity contribution in [2.24, 2.45) is 0 Å². The average Bonchev–Trinajstić information content (AvgIpc) is 2.30. The summed E-state index contributed by atoms with van der Waals surface area (Å²) in [5.41, 5.74) is 1.98. The van der Waals surface area contributed by atoms with Crippen LogP contribution in [0.4, 0.5) is 5.69 Å². The fourth-order valence-electron chi connectivity index (χ4n) is 1.30. The number of hydrogen-bond donors (Lipinski definition) is 1. The molecule has 0 saturated carbocycles. The van der Waals surface area contributed by atoms with Crippen molar-refractivity contribution in [1.82, 2.24) is 0 Å². The van der Waals surface area contributed by atoms with Gasteiger partial charge in [0, 0.05) is 5.69 Å². The van der Waals surface area contributed by atoms with Crippen LogP contribution in [0.15, 0.2) is 18.2 Å². The predicted molar refractivity (Wildman–Crippen MR) is 42.3 cm³/mol. The molecule has 1 unspecified atom stereocenters. The molecule has 11 heavy (non-hydrogen) atoms. The molecule has 0 saturated heterocycles. The first-order valence-electron chi connectivity index (χ1n) is 3.60. The van der Waals surface area contributed by atoms with Crippen LogP contribution in [0, 0.1) is 6.07 Å². The maximum atomic E-state index is 11.1. The summed E-state index contributed by atoms with van der Waals surface area (Å²) in [5, 5.41) is 2.79. The number of nitrogens with one attached hydrogen (secondary N) is 1. The molecular formula is C9H8NO.